The second-order valence-corrected chi connectivity index (χ2v) is 6.94. The Kier molecular flexibility index (Phi) is 7.30. The average Bonchev–Trinajstić information content (AvgIpc) is 2.62. The molecule has 142 valence electrons. The van der Waals surface area contributed by atoms with Gasteiger partial charge in [-0.05, 0) is 49.9 Å². The summed E-state index contributed by atoms with van der Waals surface area (Å²) in [6.45, 7) is 3.64. The lowest BCUT2D eigenvalue weighted by molar-refractivity contribution is -0.155. The largest absolute Gasteiger partial charge is 0.453 e. The molecule has 1 aromatic carbocycles. The van der Waals surface area contributed by atoms with Gasteiger partial charge in [0.2, 0.25) is 0 Å². The van der Waals surface area contributed by atoms with Gasteiger partial charge < -0.3 is 10.1 Å². The highest BCUT2D eigenvalue weighted by atomic mass is 19.1. The molecule has 5 nitrogen and oxygen atoms in total. The van der Waals surface area contributed by atoms with E-state index in [1.165, 1.54) is 37.6 Å². The summed E-state index contributed by atoms with van der Waals surface area (Å²) in [5.41, 5.74) is 0.344. The van der Waals surface area contributed by atoms with Crippen LogP contribution in [0.1, 0.15) is 62.7 Å². The van der Waals surface area contributed by atoms with Crippen molar-refractivity contribution in [3.8, 4) is 0 Å². The van der Waals surface area contributed by atoms with E-state index in [4.69, 9.17) is 4.74 Å². The van der Waals surface area contributed by atoms with Crippen LogP contribution in [-0.2, 0) is 14.3 Å². The molecule has 3 atom stereocenters. The van der Waals surface area contributed by atoms with E-state index >= 15 is 0 Å². The first-order valence-corrected chi connectivity index (χ1v) is 9.15. The third-order valence-electron chi connectivity index (χ3n) is 4.84. The van der Waals surface area contributed by atoms with Crippen LogP contribution in [0.5, 0.6) is 0 Å². The zero-order valence-electron chi connectivity index (χ0n) is 15.3. The third kappa shape index (κ3) is 5.93. The van der Waals surface area contributed by atoms with E-state index in [0.717, 1.165) is 19.3 Å². The number of esters is 1. The smallest absolute Gasteiger partial charge is 0.307 e. The van der Waals surface area contributed by atoms with Crippen LogP contribution < -0.4 is 5.32 Å². The number of hydrogen-bond acceptors (Lipinski definition) is 4. The number of benzene rings is 1. The van der Waals surface area contributed by atoms with Crippen LogP contribution in [0.2, 0.25) is 0 Å². The van der Waals surface area contributed by atoms with Crippen LogP contribution in [0.3, 0.4) is 0 Å². The lowest BCUT2D eigenvalue weighted by atomic mass is 9.86. The van der Waals surface area contributed by atoms with Gasteiger partial charge in [-0.3, -0.25) is 14.4 Å². The molecule has 0 saturated heterocycles. The van der Waals surface area contributed by atoms with Crippen molar-refractivity contribution in [1.82, 2.24) is 5.32 Å². The Hall–Kier alpha value is -2.24. The highest BCUT2D eigenvalue weighted by Gasteiger charge is 2.26. The second kappa shape index (κ2) is 9.46. The van der Waals surface area contributed by atoms with E-state index in [0.29, 0.717) is 11.5 Å². The van der Waals surface area contributed by atoms with E-state index in [-0.39, 0.29) is 30.6 Å². The molecule has 1 fully saturated rings. The summed E-state index contributed by atoms with van der Waals surface area (Å²) in [5.74, 6) is -1.17. The van der Waals surface area contributed by atoms with Crippen LogP contribution in [0.4, 0.5) is 4.39 Å². The molecule has 2 rings (SSSR count). The molecule has 1 saturated carbocycles. The zero-order chi connectivity index (χ0) is 19.1. The summed E-state index contributed by atoms with van der Waals surface area (Å²) in [7, 11) is 0. The maximum atomic E-state index is 12.9. The minimum absolute atomic E-state index is 0.0432. The number of carbonyl (C=O) groups is 3. The summed E-state index contributed by atoms with van der Waals surface area (Å²) < 4.78 is 18.0. The number of ether oxygens (including phenoxy) is 1. The van der Waals surface area contributed by atoms with Gasteiger partial charge >= 0.3 is 5.97 Å². The van der Waals surface area contributed by atoms with Crippen LogP contribution in [0.25, 0.3) is 0 Å². The van der Waals surface area contributed by atoms with Crippen molar-refractivity contribution < 1.29 is 23.5 Å². The quantitative estimate of drug-likeness (QED) is 0.595. The number of Topliss-reactive ketones (excluding diaryl/α,β-unsaturated/α-hetero) is 1. The molecule has 0 aliphatic heterocycles. The Balaban J connectivity index is 1.74. The minimum atomic E-state index is -0.891. The summed E-state index contributed by atoms with van der Waals surface area (Å²) in [5, 5.41) is 2.95. The lowest BCUT2D eigenvalue weighted by Crippen LogP contribution is -2.46. The van der Waals surface area contributed by atoms with Crippen LogP contribution >= 0.6 is 0 Å². The number of amides is 1. The SMILES string of the molecule is C[C@H](OC(=O)CCC(=O)c1ccc(F)cc1)C(=O)N[C@H]1CCCC[C@H]1C. The standard InChI is InChI=1S/C20H26FNO4/c1-13-5-3-4-6-17(13)22-20(25)14(2)26-19(24)12-11-18(23)15-7-9-16(21)10-8-15/h7-10,13-14,17H,3-6,11-12H2,1-2H3,(H,22,25)/t13-,14+,17+/m1/s1. The zero-order valence-corrected chi connectivity index (χ0v) is 15.3. The molecule has 0 aromatic heterocycles. The normalized spacial score (nSPS) is 20.9. The number of ketones is 1. The van der Waals surface area contributed by atoms with Gasteiger partial charge in [0.1, 0.15) is 5.82 Å². The number of carbonyl (C=O) groups excluding carboxylic acids is 3. The Morgan fingerprint density at radius 3 is 2.46 bits per heavy atom. The van der Waals surface area contributed by atoms with Gasteiger partial charge in [0.05, 0.1) is 6.42 Å². The van der Waals surface area contributed by atoms with E-state index in [1.54, 1.807) is 0 Å². The van der Waals surface area contributed by atoms with Crippen molar-refractivity contribution in [2.45, 2.75) is 64.5 Å². The molecular formula is C20H26FNO4. The summed E-state index contributed by atoms with van der Waals surface area (Å²) in [6, 6.07) is 5.28. The monoisotopic (exact) mass is 363 g/mol. The maximum Gasteiger partial charge on any atom is 0.307 e. The Morgan fingerprint density at radius 2 is 1.81 bits per heavy atom. The number of nitrogens with one attached hydrogen (secondary N) is 1. The van der Waals surface area contributed by atoms with E-state index in [9.17, 15) is 18.8 Å². The molecule has 0 heterocycles. The van der Waals surface area contributed by atoms with Gasteiger partial charge in [-0.15, -0.1) is 0 Å². The highest BCUT2D eigenvalue weighted by Crippen LogP contribution is 2.23. The van der Waals surface area contributed by atoms with Crippen LogP contribution in [0, 0.1) is 11.7 Å². The second-order valence-electron chi connectivity index (χ2n) is 6.94. The van der Waals surface area contributed by atoms with Crippen molar-refractivity contribution in [3.05, 3.63) is 35.6 Å². The van der Waals surface area contributed by atoms with Crippen molar-refractivity contribution >= 4 is 17.7 Å². The van der Waals surface area contributed by atoms with E-state index < -0.39 is 17.9 Å². The molecule has 1 aromatic rings. The Morgan fingerprint density at radius 1 is 1.15 bits per heavy atom. The molecule has 0 unspecified atom stereocenters. The number of halogens is 1. The Labute approximate surface area is 153 Å². The molecule has 1 aliphatic carbocycles. The summed E-state index contributed by atoms with van der Waals surface area (Å²) in [4.78, 5) is 36.1. The number of hydrogen-bond donors (Lipinski definition) is 1. The van der Waals surface area contributed by atoms with Crippen molar-refractivity contribution in [2.75, 3.05) is 0 Å². The molecule has 0 spiro atoms. The highest BCUT2D eigenvalue weighted by molar-refractivity contribution is 5.97. The summed E-state index contributed by atoms with van der Waals surface area (Å²) in [6.07, 6.45) is 3.25. The van der Waals surface area contributed by atoms with Crippen LogP contribution in [0.15, 0.2) is 24.3 Å². The molecule has 1 aliphatic rings. The fraction of sp³-hybridized carbons (Fsp3) is 0.550. The van der Waals surface area contributed by atoms with Crippen molar-refractivity contribution in [1.29, 1.82) is 0 Å². The first kappa shape index (κ1) is 20.1. The van der Waals surface area contributed by atoms with E-state index in [2.05, 4.69) is 12.2 Å². The van der Waals surface area contributed by atoms with Gasteiger partial charge in [-0.25, -0.2) is 4.39 Å². The van der Waals surface area contributed by atoms with Gasteiger partial charge in [0.15, 0.2) is 11.9 Å². The predicted molar refractivity (Wildman–Crippen MR) is 95.1 cm³/mol. The topological polar surface area (TPSA) is 72.5 Å². The van der Waals surface area contributed by atoms with Gasteiger partial charge in [0, 0.05) is 18.0 Å². The molecule has 0 radical (unpaired) electrons. The average molecular weight is 363 g/mol. The third-order valence-corrected chi connectivity index (χ3v) is 4.84. The first-order valence-electron chi connectivity index (χ1n) is 9.15. The van der Waals surface area contributed by atoms with Crippen molar-refractivity contribution in [3.63, 3.8) is 0 Å². The first-order chi connectivity index (χ1) is 12.4. The molecule has 6 heteroatoms. The molecular weight excluding hydrogens is 337 g/mol. The minimum Gasteiger partial charge on any atom is -0.453 e. The fourth-order valence-corrected chi connectivity index (χ4v) is 3.14. The lowest BCUT2D eigenvalue weighted by Gasteiger charge is -2.30. The van der Waals surface area contributed by atoms with Crippen molar-refractivity contribution in [2.24, 2.45) is 5.92 Å². The van der Waals surface area contributed by atoms with Crippen LogP contribution in [-0.4, -0.2) is 29.8 Å². The molecule has 26 heavy (non-hydrogen) atoms. The molecule has 1 amide bonds. The van der Waals surface area contributed by atoms with Gasteiger partial charge in [-0.1, -0.05) is 19.8 Å². The van der Waals surface area contributed by atoms with E-state index in [1.807, 2.05) is 0 Å². The fourth-order valence-electron chi connectivity index (χ4n) is 3.14. The van der Waals surface area contributed by atoms with Gasteiger partial charge in [0.25, 0.3) is 5.91 Å². The maximum absolute atomic E-state index is 12.9. The van der Waals surface area contributed by atoms with Gasteiger partial charge in [-0.2, -0.15) is 0 Å². The molecule has 1 N–H and O–H groups in total. The summed E-state index contributed by atoms with van der Waals surface area (Å²) >= 11 is 0. The predicted octanol–water partition coefficient (Wildman–Crippen LogP) is 3.42. The number of rotatable bonds is 7. The Bertz CT molecular complexity index is 644. The molecule has 0 bridgehead atoms.